The van der Waals surface area contributed by atoms with E-state index in [4.69, 9.17) is 26.5 Å². The Kier molecular flexibility index (Phi) is 9.55. The minimum Gasteiger partial charge on any atom is -0.475 e. The zero-order valence-corrected chi connectivity index (χ0v) is 21.4. The lowest BCUT2D eigenvalue weighted by Crippen LogP contribution is -2.48. The average molecular weight is 522 g/mol. The first kappa shape index (κ1) is 28.1. The van der Waals surface area contributed by atoms with E-state index >= 15 is 0 Å². The topological polar surface area (TPSA) is 81.6 Å². The van der Waals surface area contributed by atoms with Gasteiger partial charge in [-0.25, -0.2) is 9.78 Å². The van der Waals surface area contributed by atoms with Crippen LogP contribution in [-0.2, 0) is 10.2 Å². The summed E-state index contributed by atoms with van der Waals surface area (Å²) < 4.78 is 31.7. The van der Waals surface area contributed by atoms with Gasteiger partial charge < -0.3 is 20.2 Å². The van der Waals surface area contributed by atoms with Gasteiger partial charge >= 0.3 is 12.1 Å². The summed E-state index contributed by atoms with van der Waals surface area (Å²) in [5.41, 5.74) is 0.0151. The summed E-state index contributed by atoms with van der Waals surface area (Å²) in [4.78, 5) is 24.1. The lowest BCUT2D eigenvalue weighted by Gasteiger charge is -2.40. The molecule has 0 radical (unpaired) electrons. The number of anilines is 2. The molecule has 2 aromatic rings. The molecule has 0 saturated carbocycles. The summed E-state index contributed by atoms with van der Waals surface area (Å²) in [6.07, 6.45) is -2.25. The van der Waals surface area contributed by atoms with Crippen LogP contribution in [0.15, 0.2) is 23.7 Å². The Hall–Kier alpha value is -2.11. The van der Waals surface area contributed by atoms with Crippen LogP contribution in [0.4, 0.5) is 24.9 Å². The number of nitrogens with one attached hydrogen (secondary N) is 1. The number of halogens is 4. The molecule has 2 aromatic heterocycles. The highest BCUT2D eigenvalue weighted by Crippen LogP contribution is 2.30. The van der Waals surface area contributed by atoms with Crippen molar-refractivity contribution in [1.29, 1.82) is 0 Å². The van der Waals surface area contributed by atoms with Crippen molar-refractivity contribution in [1.82, 2.24) is 14.9 Å². The Morgan fingerprint density at radius 1 is 1.38 bits per heavy atom. The van der Waals surface area contributed by atoms with Gasteiger partial charge in [-0.05, 0) is 37.9 Å². The molecule has 0 aromatic carbocycles. The average Bonchev–Trinajstić information content (AvgIpc) is 3.28. The van der Waals surface area contributed by atoms with Gasteiger partial charge in [-0.1, -0.05) is 38.4 Å². The normalized spacial score (nSPS) is 18.9. The number of rotatable bonds is 6. The first-order valence-electron chi connectivity index (χ1n) is 10.7. The fourth-order valence-corrected chi connectivity index (χ4v) is 4.78. The van der Waals surface area contributed by atoms with E-state index in [1.807, 2.05) is 0 Å². The third kappa shape index (κ3) is 7.71. The summed E-state index contributed by atoms with van der Waals surface area (Å²) in [6, 6.07) is 4.88. The highest BCUT2D eigenvalue weighted by atomic mass is 35.5. The number of aliphatic carboxylic acids is 1. The number of carbonyl (C=O) groups is 1. The van der Waals surface area contributed by atoms with Gasteiger partial charge in [-0.2, -0.15) is 18.2 Å². The van der Waals surface area contributed by atoms with Crippen LogP contribution in [-0.4, -0.2) is 71.9 Å². The molecule has 3 rings (SSSR count). The van der Waals surface area contributed by atoms with Crippen LogP contribution >= 0.6 is 22.9 Å². The Bertz CT molecular complexity index is 941. The molecule has 1 aliphatic rings. The molecule has 1 fully saturated rings. The van der Waals surface area contributed by atoms with E-state index in [1.165, 1.54) is 4.88 Å². The molecule has 3 heterocycles. The van der Waals surface area contributed by atoms with E-state index in [0.29, 0.717) is 22.8 Å². The minimum absolute atomic E-state index is 0.0151. The first-order chi connectivity index (χ1) is 15.7. The van der Waals surface area contributed by atoms with Crippen LogP contribution in [0, 0.1) is 5.92 Å². The number of alkyl halides is 3. The van der Waals surface area contributed by atoms with Crippen LogP contribution in [0.25, 0.3) is 0 Å². The third-order valence-electron chi connectivity index (χ3n) is 5.67. The van der Waals surface area contributed by atoms with E-state index in [9.17, 15) is 13.2 Å². The smallest absolute Gasteiger partial charge is 0.475 e. The lowest BCUT2D eigenvalue weighted by molar-refractivity contribution is -0.192. The Morgan fingerprint density at radius 3 is 2.53 bits per heavy atom. The zero-order chi connectivity index (χ0) is 25.7. The van der Waals surface area contributed by atoms with Crippen molar-refractivity contribution in [3.05, 3.63) is 33.6 Å². The van der Waals surface area contributed by atoms with Gasteiger partial charge in [0.25, 0.3) is 0 Å². The van der Waals surface area contributed by atoms with Crippen LogP contribution < -0.4 is 10.2 Å². The van der Waals surface area contributed by atoms with Gasteiger partial charge in [0.2, 0.25) is 5.95 Å². The van der Waals surface area contributed by atoms with Crippen LogP contribution in [0.5, 0.6) is 0 Å². The highest BCUT2D eigenvalue weighted by Gasteiger charge is 2.38. The maximum Gasteiger partial charge on any atom is 0.490 e. The number of carboxylic acids is 1. The van der Waals surface area contributed by atoms with E-state index in [2.05, 4.69) is 72.5 Å². The summed E-state index contributed by atoms with van der Waals surface area (Å²) in [5.74, 6) is -0.705. The molecule has 1 aliphatic heterocycles. The van der Waals surface area contributed by atoms with Gasteiger partial charge in [0.15, 0.2) is 5.82 Å². The largest absolute Gasteiger partial charge is 0.490 e. The molecule has 2 atom stereocenters. The molecule has 1 saturated heterocycles. The summed E-state index contributed by atoms with van der Waals surface area (Å²) in [5, 5.41) is 13.3. The molecule has 7 nitrogen and oxygen atoms in total. The van der Waals surface area contributed by atoms with Gasteiger partial charge in [0, 0.05) is 36.0 Å². The van der Waals surface area contributed by atoms with Gasteiger partial charge in [0.1, 0.15) is 5.02 Å². The fourth-order valence-electron chi connectivity index (χ4n) is 3.77. The number of aromatic nitrogens is 2. The molecule has 34 heavy (non-hydrogen) atoms. The summed E-state index contributed by atoms with van der Waals surface area (Å²) in [7, 11) is 4.32. The molecule has 2 unspecified atom stereocenters. The van der Waals surface area contributed by atoms with Crippen molar-refractivity contribution in [3.63, 3.8) is 0 Å². The molecule has 12 heteroatoms. The standard InChI is InChI=1S/C20H30ClN5S.C2HF3O2/c1-14-12-26(9-8-16(14)25(4)5)19-22-11-15(21)18(24-19)23-13-20(2,3)17-7-6-10-27-17;3-2(4,5)1(6)7/h6-7,10-11,14,16H,8-9,12-13H2,1-5H3,(H,22,23,24);(H,6,7). The summed E-state index contributed by atoms with van der Waals surface area (Å²) >= 11 is 8.15. The number of carboxylic acid groups (broad SMARTS) is 1. The van der Waals surface area contributed by atoms with E-state index in [-0.39, 0.29) is 5.41 Å². The number of piperidine rings is 1. The molecule has 0 spiro atoms. The van der Waals surface area contributed by atoms with E-state index < -0.39 is 12.1 Å². The maximum atomic E-state index is 10.6. The van der Waals surface area contributed by atoms with Crippen molar-refractivity contribution in [2.75, 3.05) is 43.9 Å². The van der Waals surface area contributed by atoms with Gasteiger partial charge in [-0.3, -0.25) is 0 Å². The van der Waals surface area contributed by atoms with Gasteiger partial charge in [-0.15, -0.1) is 11.3 Å². The van der Waals surface area contributed by atoms with Gasteiger partial charge in [0.05, 0.1) is 6.20 Å². The second-order valence-corrected chi connectivity index (χ2v) is 10.5. The minimum atomic E-state index is -5.08. The Labute approximate surface area is 207 Å². The monoisotopic (exact) mass is 521 g/mol. The molecular formula is C22H31ClF3N5O2S. The highest BCUT2D eigenvalue weighted by molar-refractivity contribution is 7.10. The van der Waals surface area contributed by atoms with Crippen molar-refractivity contribution in [2.45, 2.75) is 44.8 Å². The quantitative estimate of drug-likeness (QED) is 0.554. The van der Waals surface area contributed by atoms with Crippen molar-refractivity contribution in [2.24, 2.45) is 5.92 Å². The van der Waals surface area contributed by atoms with Crippen LogP contribution in [0.3, 0.4) is 0 Å². The fraction of sp³-hybridized carbons (Fsp3) is 0.591. The molecule has 0 aliphatic carbocycles. The van der Waals surface area contributed by atoms with Crippen LogP contribution in [0.2, 0.25) is 5.02 Å². The molecule has 2 N–H and O–H groups in total. The lowest BCUT2D eigenvalue weighted by atomic mass is 9.91. The Balaban J connectivity index is 0.000000509. The van der Waals surface area contributed by atoms with Crippen molar-refractivity contribution >= 4 is 40.7 Å². The van der Waals surface area contributed by atoms with Crippen LogP contribution in [0.1, 0.15) is 32.1 Å². The molecule has 0 amide bonds. The predicted octanol–water partition coefficient (Wildman–Crippen LogP) is 4.99. The SMILES string of the molecule is CC1CN(c2ncc(Cl)c(NCC(C)(C)c3cccs3)n2)CCC1N(C)C.O=C(O)C(F)(F)F. The predicted molar refractivity (Wildman–Crippen MR) is 130 cm³/mol. The zero-order valence-electron chi connectivity index (χ0n) is 19.9. The first-order valence-corrected chi connectivity index (χ1v) is 12.0. The van der Waals surface area contributed by atoms with E-state index in [0.717, 1.165) is 32.0 Å². The van der Waals surface area contributed by atoms with Crippen molar-refractivity contribution in [3.8, 4) is 0 Å². The number of nitrogens with zero attached hydrogens (tertiary/aromatic N) is 4. The molecule has 190 valence electrons. The number of thiophene rings is 1. The number of hydrogen-bond acceptors (Lipinski definition) is 7. The van der Waals surface area contributed by atoms with E-state index in [1.54, 1.807) is 17.5 Å². The second-order valence-electron chi connectivity index (χ2n) is 9.13. The number of hydrogen-bond donors (Lipinski definition) is 2. The second kappa shape index (κ2) is 11.5. The van der Waals surface area contributed by atoms with Crippen molar-refractivity contribution < 1.29 is 23.1 Å². The third-order valence-corrected chi connectivity index (χ3v) is 7.18. The molecule has 0 bridgehead atoms. The maximum absolute atomic E-state index is 10.6. The Morgan fingerprint density at radius 2 is 2.03 bits per heavy atom. The summed E-state index contributed by atoms with van der Waals surface area (Å²) in [6.45, 7) is 9.46. The molecular weight excluding hydrogens is 491 g/mol.